The first-order chi connectivity index (χ1) is 16.4. The predicted octanol–water partition coefficient (Wildman–Crippen LogP) is 4.13. The molecule has 9 heteroatoms. The number of halogens is 2. The van der Waals surface area contributed by atoms with Crippen LogP contribution in [0.1, 0.15) is 50.9 Å². The highest BCUT2D eigenvalue weighted by atomic mass is 32.1. The molecule has 35 heavy (non-hydrogen) atoms. The molecule has 0 aromatic carbocycles. The summed E-state index contributed by atoms with van der Waals surface area (Å²) in [7, 11) is 0. The molecule has 1 aromatic rings. The van der Waals surface area contributed by atoms with E-state index in [2.05, 4.69) is 12.6 Å². The van der Waals surface area contributed by atoms with Gasteiger partial charge in [-0.2, -0.15) is 0 Å². The molecule has 10 atom stereocenters. The molecule has 0 radical (unpaired) electrons. The third-order valence-corrected chi connectivity index (χ3v) is 10.0. The van der Waals surface area contributed by atoms with Gasteiger partial charge < -0.3 is 19.0 Å². The molecule has 3 saturated carbocycles. The maximum atomic E-state index is 17.3. The van der Waals surface area contributed by atoms with Gasteiger partial charge in [0.1, 0.15) is 11.9 Å². The Morgan fingerprint density at radius 1 is 1.23 bits per heavy atom. The van der Waals surface area contributed by atoms with Crippen molar-refractivity contribution in [3.05, 3.63) is 47.5 Å². The summed E-state index contributed by atoms with van der Waals surface area (Å²) >= 11 is 4.19. The van der Waals surface area contributed by atoms with Crippen molar-refractivity contribution in [2.45, 2.75) is 76.0 Å². The number of carbonyl (C=O) groups excluding carboxylic acids is 2. The van der Waals surface area contributed by atoms with E-state index >= 15 is 8.78 Å². The minimum Gasteiger partial charge on any atom is -0.461 e. The molecule has 1 aromatic heterocycles. The lowest BCUT2D eigenvalue weighted by molar-refractivity contribution is -0.233. The Morgan fingerprint density at radius 2 is 1.97 bits per heavy atom. The summed E-state index contributed by atoms with van der Waals surface area (Å²) in [4.78, 5) is 25.1. The Balaban J connectivity index is 1.44. The van der Waals surface area contributed by atoms with Crippen molar-refractivity contribution in [1.82, 2.24) is 0 Å². The fraction of sp³-hybridized carbons (Fsp3) is 0.615. The molecule has 6 rings (SSSR count). The van der Waals surface area contributed by atoms with Crippen LogP contribution in [0.2, 0.25) is 0 Å². The molecule has 1 N–H and O–H groups in total. The number of aliphatic hydroxyl groups is 1. The first-order valence-electron chi connectivity index (χ1n) is 12.0. The molecule has 0 bridgehead atoms. The van der Waals surface area contributed by atoms with Gasteiger partial charge in [0.15, 0.2) is 22.8 Å². The van der Waals surface area contributed by atoms with E-state index < -0.39 is 69.5 Å². The molecule has 6 nitrogen and oxygen atoms in total. The molecular weight excluding hydrogens is 478 g/mol. The summed E-state index contributed by atoms with van der Waals surface area (Å²) in [6.07, 6.45) is -1.08. The van der Waals surface area contributed by atoms with E-state index in [0.717, 1.165) is 6.08 Å². The van der Waals surface area contributed by atoms with Crippen LogP contribution in [0.4, 0.5) is 8.78 Å². The topological polar surface area (TPSA) is 86.0 Å². The van der Waals surface area contributed by atoms with Crippen molar-refractivity contribution < 1.29 is 37.4 Å². The van der Waals surface area contributed by atoms with Gasteiger partial charge in [-0.3, -0.25) is 9.59 Å². The number of hydrogen-bond acceptors (Lipinski definition) is 6. The van der Waals surface area contributed by atoms with E-state index in [1.807, 2.05) is 0 Å². The maximum Gasteiger partial charge on any atom is 0.221 e. The number of furan rings is 1. The Labute approximate surface area is 207 Å². The van der Waals surface area contributed by atoms with Crippen molar-refractivity contribution in [3.63, 3.8) is 0 Å². The highest BCUT2D eigenvalue weighted by Crippen LogP contribution is 2.72. The smallest absolute Gasteiger partial charge is 0.221 e. The van der Waals surface area contributed by atoms with Gasteiger partial charge >= 0.3 is 0 Å². The molecule has 1 unspecified atom stereocenters. The molecule has 2 heterocycles. The minimum absolute atomic E-state index is 0.0605. The second-order valence-corrected chi connectivity index (χ2v) is 11.6. The molecule has 5 aliphatic rings. The van der Waals surface area contributed by atoms with Crippen LogP contribution >= 0.6 is 12.6 Å². The molecule has 4 aliphatic carbocycles. The predicted molar refractivity (Wildman–Crippen MR) is 123 cm³/mol. The van der Waals surface area contributed by atoms with E-state index in [9.17, 15) is 14.7 Å². The first kappa shape index (κ1) is 23.6. The van der Waals surface area contributed by atoms with Crippen LogP contribution < -0.4 is 0 Å². The molecule has 0 amide bonds. The second kappa shape index (κ2) is 7.15. The summed E-state index contributed by atoms with van der Waals surface area (Å²) in [5, 5.41) is 10.9. The van der Waals surface area contributed by atoms with Gasteiger partial charge in [-0.25, -0.2) is 8.78 Å². The number of hydrogen-bond donors (Lipinski definition) is 2. The summed E-state index contributed by atoms with van der Waals surface area (Å²) in [6, 6.07) is 3.47. The number of ketones is 1. The Kier molecular flexibility index (Phi) is 4.82. The third-order valence-electron chi connectivity index (χ3n) is 9.68. The van der Waals surface area contributed by atoms with Gasteiger partial charge in [0.05, 0.1) is 12.2 Å². The van der Waals surface area contributed by atoms with Gasteiger partial charge in [0, 0.05) is 16.7 Å². The highest BCUT2D eigenvalue weighted by Gasteiger charge is 2.80. The molecule has 1 saturated heterocycles. The van der Waals surface area contributed by atoms with Gasteiger partial charge in [-0.1, -0.05) is 13.0 Å². The largest absolute Gasteiger partial charge is 0.461 e. The molecule has 1 aliphatic heterocycles. The molecule has 0 spiro atoms. The first-order valence-corrected chi connectivity index (χ1v) is 12.4. The van der Waals surface area contributed by atoms with Gasteiger partial charge in [-0.05, 0) is 68.9 Å². The lowest BCUT2D eigenvalue weighted by atomic mass is 9.44. The number of carbonyl (C=O) groups is 2. The number of alkyl halides is 2. The van der Waals surface area contributed by atoms with E-state index in [1.165, 1.54) is 12.2 Å². The normalized spacial score (nSPS) is 50.3. The van der Waals surface area contributed by atoms with Crippen molar-refractivity contribution in [2.75, 3.05) is 0 Å². The fourth-order valence-corrected chi connectivity index (χ4v) is 8.48. The Morgan fingerprint density at radius 3 is 2.63 bits per heavy atom. The fourth-order valence-electron chi connectivity index (χ4n) is 8.02. The maximum absolute atomic E-state index is 17.3. The van der Waals surface area contributed by atoms with Crippen molar-refractivity contribution >= 4 is 23.5 Å². The van der Waals surface area contributed by atoms with E-state index in [4.69, 9.17) is 13.9 Å². The van der Waals surface area contributed by atoms with Gasteiger partial charge in [0.25, 0.3) is 0 Å². The number of aryl methyl sites for hydroxylation is 1. The number of fused-ring (bicyclic) bond motifs is 7. The van der Waals surface area contributed by atoms with Gasteiger partial charge in [0.2, 0.25) is 11.4 Å². The number of thiol groups is 1. The van der Waals surface area contributed by atoms with Crippen LogP contribution in [0.3, 0.4) is 0 Å². The number of ether oxygens (including phenoxy) is 2. The molecule has 4 fully saturated rings. The van der Waals surface area contributed by atoms with Gasteiger partial charge in [-0.15, -0.1) is 12.6 Å². The van der Waals surface area contributed by atoms with Crippen molar-refractivity contribution in [3.8, 4) is 0 Å². The number of allylic oxidation sites excluding steroid dienone is 4. The average Bonchev–Trinajstić information content (AvgIpc) is 3.45. The molecular formula is C26H28F2O6S. The van der Waals surface area contributed by atoms with Crippen LogP contribution in [-0.4, -0.2) is 45.7 Å². The summed E-state index contributed by atoms with van der Waals surface area (Å²) in [5.74, 6) is -0.796. The van der Waals surface area contributed by atoms with Crippen molar-refractivity contribution in [2.24, 2.45) is 22.7 Å². The lowest BCUT2D eigenvalue weighted by Gasteiger charge is -2.63. The van der Waals surface area contributed by atoms with Crippen LogP contribution in [0.5, 0.6) is 0 Å². The summed E-state index contributed by atoms with van der Waals surface area (Å²) < 4.78 is 51.0. The standard InChI is InChI=1S/C26H28F2O6S/c1-12-4-5-18(32-12)21-33-20-10-14-15-9-17(27)16-8-13(29)6-7-23(16,2)25(15,28)19(30)11-24(14,3)26(20,34-21)22(31)35/h4-8,14-15,17,19-21,30H,9-11H2,1-3H3,(H,31,35)/t14-,15-,17-,19-,20+,21?,23-,24-,25-,26-/m0/s1. The Bertz CT molecular complexity index is 1190. The number of rotatable bonds is 2. The van der Waals surface area contributed by atoms with Crippen LogP contribution in [0.15, 0.2) is 40.4 Å². The SMILES string of the molecule is Cc1ccc(C2O[C@@H]3C[C@H]4[C@@H]5C[C@H](F)C6=CC(=O)C=C[C@]6(C)[C@@]5(F)[C@@H](O)C[C@]4(C)[C@]3(C(=O)S)O2)o1. The van der Waals surface area contributed by atoms with E-state index in [0.29, 0.717) is 11.5 Å². The zero-order chi connectivity index (χ0) is 25.1. The lowest BCUT2D eigenvalue weighted by Crippen LogP contribution is -2.70. The monoisotopic (exact) mass is 506 g/mol. The van der Waals surface area contributed by atoms with Crippen LogP contribution in [0.25, 0.3) is 0 Å². The summed E-state index contributed by atoms with van der Waals surface area (Å²) in [5.41, 5.74) is -6.30. The van der Waals surface area contributed by atoms with Crippen LogP contribution in [-0.2, 0) is 19.1 Å². The van der Waals surface area contributed by atoms with Crippen LogP contribution in [0, 0.1) is 29.6 Å². The molecule has 188 valence electrons. The highest BCUT2D eigenvalue weighted by molar-refractivity contribution is 7.96. The van der Waals surface area contributed by atoms with E-state index in [1.54, 1.807) is 32.9 Å². The quantitative estimate of drug-likeness (QED) is 0.587. The third kappa shape index (κ3) is 2.65. The van der Waals surface area contributed by atoms with E-state index in [-0.39, 0.29) is 24.8 Å². The van der Waals surface area contributed by atoms with Crippen molar-refractivity contribution in [1.29, 1.82) is 0 Å². The zero-order valence-corrected chi connectivity index (χ0v) is 20.6. The zero-order valence-electron chi connectivity index (χ0n) is 19.7. The Hall–Kier alpha value is -1.81. The second-order valence-electron chi connectivity index (χ2n) is 11.2. The number of aliphatic hydroxyl groups excluding tert-OH is 1. The average molecular weight is 507 g/mol. The summed E-state index contributed by atoms with van der Waals surface area (Å²) in [6.45, 7) is 5.11. The minimum atomic E-state index is -2.24.